The van der Waals surface area contributed by atoms with E-state index in [1.807, 2.05) is 0 Å². The van der Waals surface area contributed by atoms with Crippen LogP contribution in [0.3, 0.4) is 0 Å². The van der Waals surface area contributed by atoms with Gasteiger partial charge in [-0.2, -0.15) is 0 Å². The van der Waals surface area contributed by atoms with Gasteiger partial charge in [-0.3, -0.25) is 0 Å². The molecule has 0 aliphatic rings. The first-order valence-corrected chi connectivity index (χ1v) is 5.55. The summed E-state index contributed by atoms with van der Waals surface area (Å²) in [6.45, 7) is 0. The molecular weight excluding hydrogens is 349 g/mol. The van der Waals surface area contributed by atoms with E-state index >= 15 is 0 Å². The summed E-state index contributed by atoms with van der Waals surface area (Å²) in [7, 11) is -14.8. The molecule has 0 fully saturated rings. The van der Waals surface area contributed by atoms with Crippen LogP contribution in [-0.4, -0.2) is 0 Å². The second kappa shape index (κ2) is 9.95. The quantitative estimate of drug-likeness (QED) is 0.393. The van der Waals surface area contributed by atoms with Gasteiger partial charge < -0.3 is 0 Å². The molecule has 0 saturated heterocycles. The molecule has 0 saturated carbocycles. The SMILES string of the molecule is [O-][Cl+3]([O-])([O-])[O-].[O-][Cl+3]([O-])([O-])[O-].[O-][Cl+3]([O-])([O-])[O-].[V+3]. The van der Waals surface area contributed by atoms with Crippen LogP contribution in [0.4, 0.5) is 0 Å². The van der Waals surface area contributed by atoms with E-state index in [-0.39, 0.29) is 18.6 Å². The zero-order chi connectivity index (χ0) is 13.5. The van der Waals surface area contributed by atoms with E-state index in [4.69, 9.17) is 55.9 Å². The average molecular weight is 349 g/mol. The third-order valence-corrected chi connectivity index (χ3v) is 0. The zero-order valence-corrected chi connectivity index (χ0v) is 10.1. The molecule has 0 radical (unpaired) electrons. The first kappa shape index (κ1) is 25.7. The summed E-state index contributed by atoms with van der Waals surface area (Å²) in [5, 5.41) is 0. The molecular formula is Cl3O12V. The van der Waals surface area contributed by atoms with Crippen LogP contribution in [0.5, 0.6) is 0 Å². The van der Waals surface area contributed by atoms with Crippen LogP contribution < -0.4 is 55.9 Å². The summed E-state index contributed by atoms with van der Waals surface area (Å²) in [6.07, 6.45) is 0. The Morgan fingerprint density at radius 3 is 0.312 bits per heavy atom. The second-order valence-electron chi connectivity index (χ2n) is 1.13. The van der Waals surface area contributed by atoms with Gasteiger partial charge in [-0.25, -0.2) is 55.9 Å². The molecule has 98 valence electrons. The molecule has 0 unspecified atom stereocenters. The van der Waals surface area contributed by atoms with Gasteiger partial charge in [-0.1, -0.05) is 0 Å². The van der Waals surface area contributed by atoms with Crippen molar-refractivity contribution in [2.75, 3.05) is 0 Å². The van der Waals surface area contributed by atoms with Crippen LogP contribution in [0.2, 0.25) is 0 Å². The minimum atomic E-state index is -4.94. The van der Waals surface area contributed by atoms with Gasteiger partial charge in [0.05, 0.1) is 0 Å². The van der Waals surface area contributed by atoms with E-state index in [2.05, 4.69) is 0 Å². The van der Waals surface area contributed by atoms with Crippen LogP contribution in [0, 0.1) is 30.7 Å². The molecule has 0 atom stereocenters. The van der Waals surface area contributed by atoms with E-state index in [0.29, 0.717) is 0 Å². The van der Waals surface area contributed by atoms with Crippen LogP contribution in [0.1, 0.15) is 0 Å². The van der Waals surface area contributed by atoms with Crippen LogP contribution in [0.15, 0.2) is 0 Å². The van der Waals surface area contributed by atoms with E-state index in [0.717, 1.165) is 0 Å². The first-order chi connectivity index (χ1) is 6.00. The Balaban J connectivity index is -0.0000000655. The maximum absolute atomic E-state index is 8.49. The van der Waals surface area contributed by atoms with Crippen molar-refractivity contribution in [1.82, 2.24) is 0 Å². The molecule has 16 heteroatoms. The molecule has 0 rings (SSSR count). The third-order valence-electron chi connectivity index (χ3n) is 0. The summed E-state index contributed by atoms with van der Waals surface area (Å²) in [6, 6.07) is 0. The fourth-order valence-electron chi connectivity index (χ4n) is 0. The monoisotopic (exact) mass is 348 g/mol. The second-order valence-corrected chi connectivity index (χ2v) is 3.40. The summed E-state index contributed by atoms with van der Waals surface area (Å²) in [5.41, 5.74) is 0. The predicted octanol–water partition coefficient (Wildman–Crippen LogP) is -14.3. The minimum absolute atomic E-state index is 0. The average Bonchev–Trinajstić information content (AvgIpc) is 1.41. The molecule has 0 amide bonds. The normalized spacial score (nSPS) is 11.2. The number of hydrogen-bond donors (Lipinski definition) is 0. The summed E-state index contributed by atoms with van der Waals surface area (Å²) in [5.74, 6) is 0. The van der Waals surface area contributed by atoms with Gasteiger partial charge in [0.15, 0.2) is 0 Å². The van der Waals surface area contributed by atoms with E-state index in [1.54, 1.807) is 0 Å². The molecule has 0 aromatic heterocycles. The van der Waals surface area contributed by atoms with Crippen molar-refractivity contribution in [3.05, 3.63) is 0 Å². The van der Waals surface area contributed by atoms with Gasteiger partial charge in [0.1, 0.15) is 0 Å². The van der Waals surface area contributed by atoms with Gasteiger partial charge >= 0.3 is 18.6 Å². The smallest absolute Gasteiger partial charge is 0.222 e. The van der Waals surface area contributed by atoms with Crippen molar-refractivity contribution in [2.45, 2.75) is 0 Å². The van der Waals surface area contributed by atoms with Crippen molar-refractivity contribution in [3.8, 4) is 0 Å². The number of hydrogen-bond acceptors (Lipinski definition) is 12. The predicted molar refractivity (Wildman–Crippen MR) is 0 cm³/mol. The van der Waals surface area contributed by atoms with Gasteiger partial charge in [0, 0.05) is 0 Å². The standard InChI is InChI=1S/3ClHO4.V/c3*2-1(3,4)5;/h3*(H,2,3,4,5);/q;;;+3/p-3. The molecule has 0 spiro atoms. The molecule has 16 heavy (non-hydrogen) atoms. The summed E-state index contributed by atoms with van der Waals surface area (Å²) < 4.78 is 102. The summed E-state index contributed by atoms with van der Waals surface area (Å²) >= 11 is 0. The summed E-state index contributed by atoms with van der Waals surface area (Å²) in [4.78, 5) is 0. The molecule has 0 aromatic rings. The molecule has 0 N–H and O–H groups in total. The number of rotatable bonds is 0. The Morgan fingerprint density at radius 2 is 0.312 bits per heavy atom. The third kappa shape index (κ3) is 3080. The Morgan fingerprint density at radius 1 is 0.312 bits per heavy atom. The molecule has 0 aliphatic heterocycles. The Labute approximate surface area is 105 Å². The van der Waals surface area contributed by atoms with Crippen LogP contribution in [-0.2, 0) is 18.6 Å². The zero-order valence-electron chi connectivity index (χ0n) is 6.48. The van der Waals surface area contributed by atoms with Crippen LogP contribution >= 0.6 is 0 Å². The maximum atomic E-state index is 8.49. The topological polar surface area (TPSA) is 277 Å². The van der Waals surface area contributed by atoms with Crippen LogP contribution in [0.25, 0.3) is 0 Å². The van der Waals surface area contributed by atoms with Crippen molar-refractivity contribution >= 4 is 0 Å². The van der Waals surface area contributed by atoms with Gasteiger partial charge in [0.25, 0.3) is 0 Å². The van der Waals surface area contributed by atoms with Gasteiger partial charge in [-0.05, 0) is 0 Å². The maximum Gasteiger partial charge on any atom is 3.00 e. The van der Waals surface area contributed by atoms with Crippen molar-refractivity contribution in [1.29, 1.82) is 0 Å². The molecule has 12 nitrogen and oxygen atoms in total. The Kier molecular flexibility index (Phi) is 16.0. The molecule has 0 heterocycles. The van der Waals surface area contributed by atoms with Crippen molar-refractivity contribution in [2.24, 2.45) is 0 Å². The van der Waals surface area contributed by atoms with Gasteiger partial charge in [-0.15, -0.1) is 30.7 Å². The van der Waals surface area contributed by atoms with E-state index in [1.165, 1.54) is 0 Å². The fraction of sp³-hybridized carbons (Fsp3) is 0. The molecule has 0 bridgehead atoms. The van der Waals surface area contributed by atoms with Crippen molar-refractivity contribution < 1.29 is 105 Å². The first-order valence-electron chi connectivity index (χ1n) is 1.85. The largest absolute Gasteiger partial charge is 3.00 e. The van der Waals surface area contributed by atoms with E-state index in [9.17, 15) is 0 Å². The Bertz CT molecular complexity index is 91.3. The van der Waals surface area contributed by atoms with Gasteiger partial charge in [0.2, 0.25) is 0 Å². The van der Waals surface area contributed by atoms with E-state index < -0.39 is 30.7 Å². The molecule has 0 aromatic carbocycles. The van der Waals surface area contributed by atoms with Crippen molar-refractivity contribution in [3.63, 3.8) is 0 Å². The molecule has 0 aliphatic carbocycles. The fourth-order valence-corrected chi connectivity index (χ4v) is 0. The Hall–Kier alpha value is 0.974. The minimum Gasteiger partial charge on any atom is -0.222 e. The number of halogens is 3.